The topological polar surface area (TPSA) is 75.8 Å². The van der Waals surface area contributed by atoms with Gasteiger partial charge in [-0.15, -0.1) is 0 Å². The normalized spacial score (nSPS) is 11.6. The SMILES string of the molecule is CCCCCCCCCCCCCOc1ccc(N=Cc2cc(N=Nc3ccc(OCCCCCCCCCCCC)cc3)ccc2O)cc1. The van der Waals surface area contributed by atoms with Crippen molar-refractivity contribution >= 4 is 23.3 Å². The highest BCUT2D eigenvalue weighted by molar-refractivity contribution is 5.86. The third kappa shape index (κ3) is 18.9. The standard InChI is InChI=1S/C44H65N3O3/c1-3-5-7-9-11-13-15-17-19-21-22-34-49-42-29-24-39(25-30-42)45-37-38-36-41(28-33-44(38)48)47-46-40-26-31-43(32-27-40)50-35-23-20-18-16-14-12-10-8-6-4-2/h24-33,36-37,48H,3-23,34-35H2,1-2H3. The largest absolute Gasteiger partial charge is 0.507 e. The van der Waals surface area contributed by atoms with Gasteiger partial charge in [0, 0.05) is 11.8 Å². The zero-order valence-corrected chi connectivity index (χ0v) is 31.3. The van der Waals surface area contributed by atoms with Crippen molar-refractivity contribution in [1.82, 2.24) is 0 Å². The number of phenolic OH excluding ortho intramolecular Hbond substituents is 1. The first kappa shape index (κ1) is 40.8. The fourth-order valence-corrected chi connectivity index (χ4v) is 5.94. The summed E-state index contributed by atoms with van der Waals surface area (Å²) in [6.45, 7) is 6.03. The lowest BCUT2D eigenvalue weighted by atomic mass is 10.1. The molecule has 3 rings (SSSR count). The Hall–Kier alpha value is -3.67. The minimum atomic E-state index is 0.142. The summed E-state index contributed by atoms with van der Waals surface area (Å²) in [4.78, 5) is 4.55. The van der Waals surface area contributed by atoms with Crippen LogP contribution in [-0.2, 0) is 0 Å². The minimum Gasteiger partial charge on any atom is -0.507 e. The monoisotopic (exact) mass is 684 g/mol. The van der Waals surface area contributed by atoms with E-state index in [9.17, 15) is 5.11 Å². The van der Waals surface area contributed by atoms with Crippen molar-refractivity contribution in [2.45, 2.75) is 149 Å². The quantitative estimate of drug-likeness (QED) is 0.0449. The summed E-state index contributed by atoms with van der Waals surface area (Å²) in [5.74, 6) is 1.85. The minimum absolute atomic E-state index is 0.142. The van der Waals surface area contributed by atoms with Gasteiger partial charge >= 0.3 is 0 Å². The Morgan fingerprint density at radius 3 is 1.30 bits per heavy atom. The van der Waals surface area contributed by atoms with Crippen LogP contribution in [0.3, 0.4) is 0 Å². The fourth-order valence-electron chi connectivity index (χ4n) is 5.94. The number of aliphatic imine (C=N–C) groups is 1. The van der Waals surface area contributed by atoms with E-state index in [0.29, 0.717) is 11.3 Å². The van der Waals surface area contributed by atoms with Crippen LogP contribution >= 0.6 is 0 Å². The van der Waals surface area contributed by atoms with Gasteiger partial charge in [-0.25, -0.2) is 0 Å². The lowest BCUT2D eigenvalue weighted by Gasteiger charge is -2.07. The van der Waals surface area contributed by atoms with Gasteiger partial charge in [0.1, 0.15) is 17.2 Å². The van der Waals surface area contributed by atoms with Crippen molar-refractivity contribution in [3.63, 3.8) is 0 Å². The summed E-state index contributed by atoms with van der Waals surface area (Å²) in [5.41, 5.74) is 2.74. The number of hydrogen-bond acceptors (Lipinski definition) is 6. The fraction of sp³-hybridized carbons (Fsp3) is 0.568. The van der Waals surface area contributed by atoms with E-state index in [0.717, 1.165) is 48.9 Å². The van der Waals surface area contributed by atoms with Gasteiger partial charge in [0.15, 0.2) is 0 Å². The average molecular weight is 684 g/mol. The van der Waals surface area contributed by atoms with Gasteiger partial charge in [0.25, 0.3) is 0 Å². The summed E-state index contributed by atoms with van der Waals surface area (Å²) in [6.07, 6.45) is 29.4. The third-order valence-electron chi connectivity index (χ3n) is 9.10. The molecular weight excluding hydrogens is 619 g/mol. The van der Waals surface area contributed by atoms with Crippen molar-refractivity contribution < 1.29 is 14.6 Å². The molecule has 0 saturated carbocycles. The molecule has 1 N–H and O–H groups in total. The summed E-state index contributed by atoms with van der Waals surface area (Å²) < 4.78 is 11.9. The third-order valence-corrected chi connectivity index (χ3v) is 9.10. The number of hydrogen-bond donors (Lipinski definition) is 1. The number of aromatic hydroxyl groups is 1. The highest BCUT2D eigenvalue weighted by Gasteiger charge is 2.03. The van der Waals surface area contributed by atoms with Crippen LogP contribution in [0, 0.1) is 0 Å². The number of azo groups is 1. The second-order valence-corrected chi connectivity index (χ2v) is 13.6. The van der Waals surface area contributed by atoms with Crippen LogP contribution in [0.5, 0.6) is 17.2 Å². The van der Waals surface area contributed by atoms with Crippen LogP contribution in [0.15, 0.2) is 82.0 Å². The molecule has 0 radical (unpaired) electrons. The Morgan fingerprint density at radius 1 is 0.460 bits per heavy atom. The van der Waals surface area contributed by atoms with E-state index in [4.69, 9.17) is 9.47 Å². The van der Waals surface area contributed by atoms with Crippen LogP contribution in [0.1, 0.15) is 154 Å². The molecule has 3 aromatic rings. The summed E-state index contributed by atoms with van der Waals surface area (Å²) in [7, 11) is 0. The second-order valence-electron chi connectivity index (χ2n) is 13.6. The molecular formula is C44H65N3O3. The first-order chi connectivity index (χ1) is 24.7. The van der Waals surface area contributed by atoms with Gasteiger partial charge in [-0.05, 0) is 79.6 Å². The lowest BCUT2D eigenvalue weighted by Crippen LogP contribution is -1.97. The molecule has 0 atom stereocenters. The van der Waals surface area contributed by atoms with Gasteiger partial charge in [0.05, 0.1) is 30.3 Å². The number of ether oxygens (including phenoxy) is 2. The molecule has 0 heterocycles. The molecule has 0 saturated heterocycles. The Labute approximate surface area is 303 Å². The lowest BCUT2D eigenvalue weighted by molar-refractivity contribution is 0.304. The van der Waals surface area contributed by atoms with Crippen LogP contribution in [-0.4, -0.2) is 24.5 Å². The Bertz CT molecular complexity index is 1320. The van der Waals surface area contributed by atoms with E-state index < -0.39 is 0 Å². The van der Waals surface area contributed by atoms with Crippen LogP contribution in [0.25, 0.3) is 0 Å². The molecule has 6 heteroatoms. The summed E-state index contributed by atoms with van der Waals surface area (Å²) in [5, 5.41) is 19.1. The number of phenols is 1. The molecule has 0 aromatic heterocycles. The zero-order chi connectivity index (χ0) is 35.3. The molecule has 3 aromatic carbocycles. The zero-order valence-electron chi connectivity index (χ0n) is 31.3. The van der Waals surface area contributed by atoms with E-state index >= 15 is 0 Å². The molecule has 0 fully saturated rings. The predicted octanol–water partition coefficient (Wildman–Crippen LogP) is 14.5. The maximum Gasteiger partial charge on any atom is 0.124 e. The maximum atomic E-state index is 10.4. The second kappa shape index (κ2) is 27.1. The van der Waals surface area contributed by atoms with E-state index in [2.05, 4.69) is 29.1 Å². The number of unbranched alkanes of at least 4 members (excludes halogenated alkanes) is 19. The smallest absolute Gasteiger partial charge is 0.124 e. The van der Waals surface area contributed by atoms with Crippen molar-refractivity contribution in [1.29, 1.82) is 0 Å². The van der Waals surface area contributed by atoms with E-state index in [1.165, 1.54) is 122 Å². The van der Waals surface area contributed by atoms with Crippen LogP contribution < -0.4 is 9.47 Å². The molecule has 50 heavy (non-hydrogen) atoms. The molecule has 0 spiro atoms. The highest BCUT2D eigenvalue weighted by atomic mass is 16.5. The number of benzene rings is 3. The molecule has 0 amide bonds. The first-order valence-corrected chi connectivity index (χ1v) is 19.9. The first-order valence-electron chi connectivity index (χ1n) is 19.9. The Kier molecular flexibility index (Phi) is 22.1. The summed E-state index contributed by atoms with van der Waals surface area (Å²) in [6, 6.07) is 20.6. The number of rotatable bonds is 29. The van der Waals surface area contributed by atoms with Crippen molar-refractivity contribution in [3.8, 4) is 17.2 Å². The van der Waals surface area contributed by atoms with Crippen molar-refractivity contribution in [3.05, 3.63) is 72.3 Å². The van der Waals surface area contributed by atoms with Gasteiger partial charge in [-0.2, -0.15) is 10.2 Å². The van der Waals surface area contributed by atoms with E-state index in [1.807, 2.05) is 48.5 Å². The molecule has 0 aliphatic carbocycles. The average Bonchev–Trinajstić information content (AvgIpc) is 3.14. The maximum absolute atomic E-state index is 10.4. The van der Waals surface area contributed by atoms with Crippen molar-refractivity contribution in [2.24, 2.45) is 15.2 Å². The Balaban J connectivity index is 1.31. The molecule has 274 valence electrons. The predicted molar refractivity (Wildman–Crippen MR) is 212 cm³/mol. The van der Waals surface area contributed by atoms with Gasteiger partial charge in [-0.3, -0.25) is 4.99 Å². The van der Waals surface area contributed by atoms with Gasteiger partial charge < -0.3 is 14.6 Å². The Morgan fingerprint density at radius 2 is 0.840 bits per heavy atom. The highest BCUT2D eigenvalue weighted by Crippen LogP contribution is 2.26. The van der Waals surface area contributed by atoms with Gasteiger partial charge in [-0.1, -0.05) is 136 Å². The van der Waals surface area contributed by atoms with E-state index in [-0.39, 0.29) is 5.75 Å². The molecule has 0 unspecified atom stereocenters. The van der Waals surface area contributed by atoms with Crippen molar-refractivity contribution in [2.75, 3.05) is 13.2 Å². The molecule has 0 aliphatic heterocycles. The molecule has 0 aliphatic rings. The van der Waals surface area contributed by atoms with Crippen LogP contribution in [0.2, 0.25) is 0 Å². The summed E-state index contributed by atoms with van der Waals surface area (Å²) >= 11 is 0. The van der Waals surface area contributed by atoms with E-state index in [1.54, 1.807) is 24.4 Å². The molecule has 0 bridgehead atoms. The van der Waals surface area contributed by atoms with Crippen LogP contribution in [0.4, 0.5) is 17.1 Å². The molecule has 6 nitrogen and oxygen atoms in total. The number of nitrogens with zero attached hydrogens (tertiary/aromatic N) is 3. The van der Waals surface area contributed by atoms with Gasteiger partial charge in [0.2, 0.25) is 0 Å².